The average molecular weight is 382 g/mol. The second kappa shape index (κ2) is 9.11. The van der Waals surface area contributed by atoms with Crippen molar-refractivity contribution >= 4 is 11.6 Å². The van der Waals surface area contributed by atoms with Gasteiger partial charge >= 0.3 is 0 Å². The Morgan fingerprint density at radius 3 is 2.32 bits per heavy atom. The second-order valence-electron chi connectivity index (χ2n) is 7.64. The van der Waals surface area contributed by atoms with Crippen molar-refractivity contribution in [3.05, 3.63) is 59.2 Å². The SMILES string of the molecule is COc1ccc(N2CCN(CC(=O)N(C)Cc3ccc(C)cc3C)CC2)cc1. The van der Waals surface area contributed by atoms with Gasteiger partial charge in [0.2, 0.25) is 5.91 Å². The molecule has 0 saturated carbocycles. The highest BCUT2D eigenvalue weighted by Crippen LogP contribution is 2.20. The predicted molar refractivity (Wildman–Crippen MR) is 114 cm³/mol. The van der Waals surface area contributed by atoms with Crippen LogP contribution in [0.4, 0.5) is 5.69 Å². The molecule has 1 aliphatic heterocycles. The number of hydrogen-bond acceptors (Lipinski definition) is 4. The molecule has 0 aromatic heterocycles. The summed E-state index contributed by atoms with van der Waals surface area (Å²) in [5.41, 5.74) is 4.92. The number of methoxy groups -OCH3 is 1. The normalized spacial score (nSPS) is 14.8. The molecule has 3 rings (SSSR count). The highest BCUT2D eigenvalue weighted by Gasteiger charge is 2.21. The number of piperazine rings is 1. The number of benzene rings is 2. The van der Waals surface area contributed by atoms with E-state index < -0.39 is 0 Å². The molecule has 0 aliphatic carbocycles. The zero-order chi connectivity index (χ0) is 20.1. The van der Waals surface area contributed by atoms with Gasteiger partial charge in [-0.25, -0.2) is 0 Å². The van der Waals surface area contributed by atoms with Crippen LogP contribution in [0.3, 0.4) is 0 Å². The van der Waals surface area contributed by atoms with Crippen molar-refractivity contribution < 1.29 is 9.53 Å². The lowest BCUT2D eigenvalue weighted by atomic mass is 10.1. The minimum atomic E-state index is 0.179. The molecule has 5 nitrogen and oxygen atoms in total. The number of hydrogen-bond donors (Lipinski definition) is 0. The van der Waals surface area contributed by atoms with Crippen LogP contribution < -0.4 is 9.64 Å². The molecule has 5 heteroatoms. The van der Waals surface area contributed by atoms with E-state index in [0.29, 0.717) is 13.1 Å². The number of aryl methyl sites for hydroxylation is 2. The standard InChI is InChI=1S/C23H31N3O2/c1-18-5-6-20(19(2)15-18)16-24(3)23(27)17-25-11-13-26(14-12-25)21-7-9-22(28-4)10-8-21/h5-10,15H,11-14,16-17H2,1-4H3. The molecule has 2 aromatic rings. The molecule has 0 N–H and O–H groups in total. The van der Waals surface area contributed by atoms with Crippen LogP contribution in [-0.4, -0.2) is 62.6 Å². The van der Waals surface area contributed by atoms with E-state index in [1.54, 1.807) is 7.11 Å². The molecular formula is C23H31N3O2. The summed E-state index contributed by atoms with van der Waals surface area (Å²) < 4.78 is 5.23. The smallest absolute Gasteiger partial charge is 0.236 e. The van der Waals surface area contributed by atoms with Gasteiger partial charge in [-0.2, -0.15) is 0 Å². The zero-order valence-electron chi connectivity index (χ0n) is 17.4. The van der Waals surface area contributed by atoms with E-state index in [2.05, 4.69) is 54.0 Å². The summed E-state index contributed by atoms with van der Waals surface area (Å²) in [7, 11) is 3.58. The molecule has 1 fully saturated rings. The fourth-order valence-corrected chi connectivity index (χ4v) is 3.64. The van der Waals surface area contributed by atoms with Gasteiger partial charge in [-0.3, -0.25) is 9.69 Å². The van der Waals surface area contributed by atoms with Crippen LogP contribution >= 0.6 is 0 Å². The second-order valence-corrected chi connectivity index (χ2v) is 7.64. The fraction of sp³-hybridized carbons (Fsp3) is 0.435. The summed E-state index contributed by atoms with van der Waals surface area (Å²) in [5.74, 6) is 1.05. The molecule has 1 saturated heterocycles. The first-order valence-electron chi connectivity index (χ1n) is 9.87. The molecule has 2 aromatic carbocycles. The number of nitrogens with zero attached hydrogens (tertiary/aromatic N) is 3. The van der Waals surface area contributed by atoms with Crippen molar-refractivity contribution in [2.24, 2.45) is 0 Å². The van der Waals surface area contributed by atoms with E-state index in [0.717, 1.165) is 31.9 Å². The third kappa shape index (κ3) is 5.04. The molecule has 1 aliphatic rings. The van der Waals surface area contributed by atoms with Gasteiger partial charge in [-0.05, 0) is 49.2 Å². The van der Waals surface area contributed by atoms with Crippen LogP contribution in [0.2, 0.25) is 0 Å². The Kier molecular flexibility index (Phi) is 6.57. The van der Waals surface area contributed by atoms with Gasteiger partial charge in [0.25, 0.3) is 0 Å². The fourth-order valence-electron chi connectivity index (χ4n) is 3.64. The van der Waals surface area contributed by atoms with Gasteiger partial charge in [0.15, 0.2) is 0 Å². The summed E-state index contributed by atoms with van der Waals surface area (Å²) in [6.45, 7) is 9.01. The third-order valence-electron chi connectivity index (χ3n) is 5.50. The Hall–Kier alpha value is -2.53. The quantitative estimate of drug-likeness (QED) is 0.770. The topological polar surface area (TPSA) is 36.0 Å². The third-order valence-corrected chi connectivity index (χ3v) is 5.50. The van der Waals surface area contributed by atoms with E-state index in [4.69, 9.17) is 4.74 Å². The molecule has 0 spiro atoms. The maximum absolute atomic E-state index is 12.7. The predicted octanol–water partition coefficient (Wildman–Crippen LogP) is 3.09. The van der Waals surface area contributed by atoms with Crippen LogP contribution in [0.25, 0.3) is 0 Å². The van der Waals surface area contributed by atoms with E-state index >= 15 is 0 Å². The minimum Gasteiger partial charge on any atom is -0.497 e. The molecule has 0 bridgehead atoms. The summed E-state index contributed by atoms with van der Waals surface area (Å²) in [5, 5.41) is 0. The van der Waals surface area contributed by atoms with Crippen molar-refractivity contribution in [1.29, 1.82) is 0 Å². The summed E-state index contributed by atoms with van der Waals surface area (Å²) in [6.07, 6.45) is 0. The number of carbonyl (C=O) groups excluding carboxylic acids is 1. The van der Waals surface area contributed by atoms with Gasteiger partial charge in [0.1, 0.15) is 5.75 Å². The van der Waals surface area contributed by atoms with Crippen molar-refractivity contribution in [2.45, 2.75) is 20.4 Å². The van der Waals surface area contributed by atoms with Crippen molar-refractivity contribution in [1.82, 2.24) is 9.80 Å². The Labute approximate surface area is 168 Å². The van der Waals surface area contributed by atoms with Gasteiger partial charge in [0.05, 0.1) is 13.7 Å². The highest BCUT2D eigenvalue weighted by molar-refractivity contribution is 5.78. The number of rotatable bonds is 6. The number of likely N-dealkylation sites (N-methyl/N-ethyl adjacent to an activating group) is 1. The first-order chi connectivity index (χ1) is 13.5. The number of anilines is 1. The van der Waals surface area contributed by atoms with E-state index in [1.807, 2.05) is 24.1 Å². The number of carbonyl (C=O) groups is 1. The van der Waals surface area contributed by atoms with Crippen LogP contribution in [0.1, 0.15) is 16.7 Å². The van der Waals surface area contributed by atoms with Gasteiger partial charge < -0.3 is 14.5 Å². The average Bonchev–Trinajstić information content (AvgIpc) is 2.70. The first kappa shape index (κ1) is 20.2. The monoisotopic (exact) mass is 381 g/mol. The Morgan fingerprint density at radius 2 is 1.71 bits per heavy atom. The number of ether oxygens (including phenoxy) is 1. The minimum absolute atomic E-state index is 0.179. The molecule has 150 valence electrons. The largest absolute Gasteiger partial charge is 0.497 e. The molecule has 28 heavy (non-hydrogen) atoms. The van der Waals surface area contributed by atoms with Crippen LogP contribution in [-0.2, 0) is 11.3 Å². The molecule has 0 unspecified atom stereocenters. The Bertz CT molecular complexity index is 796. The van der Waals surface area contributed by atoms with E-state index in [9.17, 15) is 4.79 Å². The van der Waals surface area contributed by atoms with Gasteiger partial charge in [-0.15, -0.1) is 0 Å². The van der Waals surface area contributed by atoms with E-state index in [1.165, 1.54) is 22.4 Å². The lowest BCUT2D eigenvalue weighted by Crippen LogP contribution is -2.49. The lowest BCUT2D eigenvalue weighted by molar-refractivity contribution is -0.131. The lowest BCUT2D eigenvalue weighted by Gasteiger charge is -2.36. The molecule has 0 radical (unpaired) electrons. The van der Waals surface area contributed by atoms with Gasteiger partial charge in [0, 0.05) is 45.5 Å². The Balaban J connectivity index is 1.48. The first-order valence-corrected chi connectivity index (χ1v) is 9.87. The molecule has 1 heterocycles. The summed E-state index contributed by atoms with van der Waals surface area (Å²) >= 11 is 0. The molecule has 0 atom stereocenters. The molecular weight excluding hydrogens is 350 g/mol. The van der Waals surface area contributed by atoms with Crippen LogP contribution in [0.15, 0.2) is 42.5 Å². The zero-order valence-corrected chi connectivity index (χ0v) is 17.4. The van der Waals surface area contributed by atoms with Crippen molar-refractivity contribution in [2.75, 3.05) is 51.8 Å². The Morgan fingerprint density at radius 1 is 1.04 bits per heavy atom. The van der Waals surface area contributed by atoms with Crippen LogP contribution in [0.5, 0.6) is 5.75 Å². The summed E-state index contributed by atoms with van der Waals surface area (Å²) in [4.78, 5) is 19.1. The molecule has 1 amide bonds. The van der Waals surface area contributed by atoms with Crippen molar-refractivity contribution in [3.63, 3.8) is 0 Å². The van der Waals surface area contributed by atoms with Gasteiger partial charge in [-0.1, -0.05) is 23.8 Å². The van der Waals surface area contributed by atoms with Crippen molar-refractivity contribution in [3.8, 4) is 5.75 Å². The highest BCUT2D eigenvalue weighted by atomic mass is 16.5. The maximum atomic E-state index is 12.7. The maximum Gasteiger partial charge on any atom is 0.236 e. The summed E-state index contributed by atoms with van der Waals surface area (Å²) in [6, 6.07) is 14.6. The van der Waals surface area contributed by atoms with Crippen LogP contribution in [0, 0.1) is 13.8 Å². The van der Waals surface area contributed by atoms with E-state index in [-0.39, 0.29) is 5.91 Å². The number of amides is 1.